The lowest BCUT2D eigenvalue weighted by Gasteiger charge is -2.04. The fourth-order valence-corrected chi connectivity index (χ4v) is 2.91. The Morgan fingerprint density at radius 2 is 2.00 bits per heavy atom. The molecule has 22 heavy (non-hydrogen) atoms. The molecule has 0 aliphatic rings. The van der Waals surface area contributed by atoms with Crippen LogP contribution < -0.4 is 5.32 Å². The SMILES string of the molecule is Cc1cccc(NC(=O)CSc2nc3ccc(C)cc3[nH]2)c1. The van der Waals surface area contributed by atoms with Crippen LogP contribution in [0.1, 0.15) is 11.1 Å². The van der Waals surface area contributed by atoms with E-state index in [1.165, 1.54) is 17.3 Å². The van der Waals surface area contributed by atoms with Gasteiger partial charge < -0.3 is 10.3 Å². The van der Waals surface area contributed by atoms with E-state index < -0.39 is 0 Å². The van der Waals surface area contributed by atoms with Gasteiger partial charge in [-0.2, -0.15) is 0 Å². The number of anilines is 1. The Hall–Kier alpha value is -2.27. The first-order chi connectivity index (χ1) is 10.6. The van der Waals surface area contributed by atoms with Gasteiger partial charge in [-0.25, -0.2) is 4.98 Å². The number of aryl methyl sites for hydroxylation is 2. The molecule has 1 heterocycles. The van der Waals surface area contributed by atoms with Gasteiger partial charge in [0, 0.05) is 5.69 Å². The highest BCUT2D eigenvalue weighted by molar-refractivity contribution is 7.99. The van der Waals surface area contributed by atoms with Crippen LogP contribution in [0, 0.1) is 13.8 Å². The van der Waals surface area contributed by atoms with Gasteiger partial charge in [0.2, 0.25) is 5.91 Å². The molecule has 3 rings (SSSR count). The summed E-state index contributed by atoms with van der Waals surface area (Å²) >= 11 is 1.40. The lowest BCUT2D eigenvalue weighted by Crippen LogP contribution is -2.14. The molecule has 5 heteroatoms. The number of aromatic amines is 1. The minimum absolute atomic E-state index is 0.0350. The number of rotatable bonds is 4. The number of amides is 1. The Morgan fingerprint density at radius 1 is 1.18 bits per heavy atom. The van der Waals surface area contributed by atoms with Crippen LogP contribution in [0.2, 0.25) is 0 Å². The third-order valence-electron chi connectivity index (χ3n) is 3.26. The molecule has 112 valence electrons. The van der Waals surface area contributed by atoms with E-state index in [0.717, 1.165) is 27.4 Å². The van der Waals surface area contributed by atoms with E-state index in [1.54, 1.807) is 0 Å². The highest BCUT2D eigenvalue weighted by atomic mass is 32.2. The second-order valence-corrected chi connectivity index (χ2v) is 6.23. The quantitative estimate of drug-likeness (QED) is 0.718. The van der Waals surface area contributed by atoms with Crippen LogP contribution in [0.4, 0.5) is 5.69 Å². The highest BCUT2D eigenvalue weighted by Gasteiger charge is 2.07. The molecule has 1 amide bonds. The molecule has 4 nitrogen and oxygen atoms in total. The molecule has 1 aromatic heterocycles. The molecule has 0 fully saturated rings. The van der Waals surface area contributed by atoms with Crippen LogP contribution in [0.15, 0.2) is 47.6 Å². The van der Waals surface area contributed by atoms with E-state index in [4.69, 9.17) is 0 Å². The molecule has 3 aromatic rings. The van der Waals surface area contributed by atoms with Gasteiger partial charge in [-0.1, -0.05) is 30.0 Å². The number of carbonyl (C=O) groups is 1. The summed E-state index contributed by atoms with van der Waals surface area (Å²) in [5, 5.41) is 3.66. The number of benzene rings is 2. The number of nitrogens with one attached hydrogen (secondary N) is 2. The van der Waals surface area contributed by atoms with E-state index in [1.807, 2.05) is 50.2 Å². The normalized spacial score (nSPS) is 10.8. The van der Waals surface area contributed by atoms with E-state index in [9.17, 15) is 4.79 Å². The Balaban J connectivity index is 1.62. The number of imidazole rings is 1. The largest absolute Gasteiger partial charge is 0.333 e. The van der Waals surface area contributed by atoms with Crippen molar-refractivity contribution in [1.82, 2.24) is 9.97 Å². The molecule has 0 atom stereocenters. The number of nitrogens with zero attached hydrogens (tertiary/aromatic N) is 1. The first kappa shape index (κ1) is 14.7. The fourth-order valence-electron chi connectivity index (χ4n) is 2.22. The molecular weight excluding hydrogens is 294 g/mol. The number of aromatic nitrogens is 2. The predicted octanol–water partition coefficient (Wildman–Crippen LogP) is 3.91. The van der Waals surface area contributed by atoms with E-state index >= 15 is 0 Å². The van der Waals surface area contributed by atoms with Gasteiger partial charge in [0.05, 0.1) is 16.8 Å². The smallest absolute Gasteiger partial charge is 0.234 e. The van der Waals surface area contributed by atoms with Crippen molar-refractivity contribution in [3.05, 3.63) is 53.6 Å². The van der Waals surface area contributed by atoms with Gasteiger partial charge in [-0.05, 0) is 49.2 Å². The zero-order valence-electron chi connectivity index (χ0n) is 12.5. The zero-order chi connectivity index (χ0) is 15.5. The molecule has 0 radical (unpaired) electrons. The van der Waals surface area contributed by atoms with Crippen LogP contribution >= 0.6 is 11.8 Å². The molecule has 0 unspecified atom stereocenters. The summed E-state index contributed by atoms with van der Waals surface area (Å²) in [4.78, 5) is 19.7. The van der Waals surface area contributed by atoms with Crippen molar-refractivity contribution in [3.63, 3.8) is 0 Å². The van der Waals surface area contributed by atoms with Gasteiger partial charge in [-0.3, -0.25) is 4.79 Å². The number of thioether (sulfide) groups is 1. The van der Waals surface area contributed by atoms with Crippen molar-refractivity contribution < 1.29 is 4.79 Å². The van der Waals surface area contributed by atoms with Crippen molar-refractivity contribution >= 4 is 34.4 Å². The number of hydrogen-bond acceptors (Lipinski definition) is 3. The van der Waals surface area contributed by atoms with Crippen LogP contribution in [-0.4, -0.2) is 21.6 Å². The van der Waals surface area contributed by atoms with Crippen molar-refractivity contribution in [2.75, 3.05) is 11.1 Å². The topological polar surface area (TPSA) is 57.8 Å². The predicted molar refractivity (Wildman–Crippen MR) is 91.4 cm³/mol. The maximum absolute atomic E-state index is 12.0. The van der Waals surface area contributed by atoms with Crippen molar-refractivity contribution in [2.24, 2.45) is 0 Å². The molecule has 2 N–H and O–H groups in total. The first-order valence-corrected chi connectivity index (χ1v) is 8.04. The van der Waals surface area contributed by atoms with Crippen LogP contribution in [0.5, 0.6) is 0 Å². The molecule has 0 bridgehead atoms. The lowest BCUT2D eigenvalue weighted by molar-refractivity contribution is -0.113. The fraction of sp³-hybridized carbons (Fsp3) is 0.176. The molecule has 2 aromatic carbocycles. The molecule has 0 saturated carbocycles. The maximum atomic E-state index is 12.0. The van der Waals surface area contributed by atoms with Crippen molar-refractivity contribution in [1.29, 1.82) is 0 Å². The van der Waals surface area contributed by atoms with Crippen LogP contribution in [0.3, 0.4) is 0 Å². The lowest BCUT2D eigenvalue weighted by atomic mass is 10.2. The Morgan fingerprint density at radius 3 is 2.82 bits per heavy atom. The van der Waals surface area contributed by atoms with Crippen LogP contribution in [0.25, 0.3) is 11.0 Å². The Bertz CT molecular complexity index is 826. The van der Waals surface area contributed by atoms with E-state index in [-0.39, 0.29) is 5.91 Å². The van der Waals surface area contributed by atoms with Gasteiger partial charge in [0.15, 0.2) is 5.16 Å². The average Bonchev–Trinajstić information content (AvgIpc) is 2.87. The summed E-state index contributed by atoms with van der Waals surface area (Å²) in [6, 6.07) is 13.8. The van der Waals surface area contributed by atoms with E-state index in [2.05, 4.69) is 21.4 Å². The van der Waals surface area contributed by atoms with Crippen molar-refractivity contribution in [3.8, 4) is 0 Å². The molecule has 0 aliphatic carbocycles. The number of carbonyl (C=O) groups excluding carboxylic acids is 1. The molecule has 0 aliphatic heterocycles. The highest BCUT2D eigenvalue weighted by Crippen LogP contribution is 2.20. The van der Waals surface area contributed by atoms with Gasteiger partial charge >= 0.3 is 0 Å². The average molecular weight is 311 g/mol. The molecule has 0 saturated heterocycles. The first-order valence-electron chi connectivity index (χ1n) is 7.06. The summed E-state index contributed by atoms with van der Waals surface area (Å²) in [7, 11) is 0. The summed E-state index contributed by atoms with van der Waals surface area (Å²) in [5.41, 5.74) is 5.06. The minimum Gasteiger partial charge on any atom is -0.333 e. The van der Waals surface area contributed by atoms with E-state index in [0.29, 0.717) is 5.75 Å². The standard InChI is InChI=1S/C17H17N3OS/c1-11-4-3-5-13(8-11)18-16(21)10-22-17-19-14-7-6-12(2)9-15(14)20-17/h3-9H,10H2,1-2H3,(H,18,21)(H,19,20). The third-order valence-corrected chi connectivity index (χ3v) is 4.13. The second kappa shape index (κ2) is 6.23. The summed E-state index contributed by atoms with van der Waals surface area (Å²) in [6.07, 6.45) is 0. The number of hydrogen-bond donors (Lipinski definition) is 2. The maximum Gasteiger partial charge on any atom is 0.234 e. The zero-order valence-corrected chi connectivity index (χ0v) is 13.3. The summed E-state index contributed by atoms with van der Waals surface area (Å²) in [6.45, 7) is 4.04. The monoisotopic (exact) mass is 311 g/mol. The van der Waals surface area contributed by atoms with Crippen molar-refractivity contribution in [2.45, 2.75) is 19.0 Å². The summed E-state index contributed by atoms with van der Waals surface area (Å²) in [5.74, 6) is 0.291. The third kappa shape index (κ3) is 3.49. The second-order valence-electron chi connectivity index (χ2n) is 5.27. The van der Waals surface area contributed by atoms with Crippen LogP contribution in [-0.2, 0) is 4.79 Å². The molecule has 0 spiro atoms. The number of H-pyrrole nitrogens is 1. The Labute approximate surface area is 133 Å². The van der Waals surface area contributed by atoms with Gasteiger partial charge in [0.25, 0.3) is 0 Å². The molecular formula is C17H17N3OS. The van der Waals surface area contributed by atoms with Gasteiger partial charge in [-0.15, -0.1) is 0 Å². The number of fused-ring (bicyclic) bond motifs is 1. The summed E-state index contributed by atoms with van der Waals surface area (Å²) < 4.78 is 0. The van der Waals surface area contributed by atoms with Gasteiger partial charge in [0.1, 0.15) is 0 Å². The Kier molecular flexibility index (Phi) is 4.15. The minimum atomic E-state index is -0.0350.